The van der Waals surface area contributed by atoms with Crippen LogP contribution < -0.4 is 14.9 Å². The highest BCUT2D eigenvalue weighted by Gasteiger charge is 2.15. The molecule has 0 spiro atoms. The summed E-state index contributed by atoms with van der Waals surface area (Å²) in [5, 5.41) is 14.9. The van der Waals surface area contributed by atoms with Gasteiger partial charge >= 0.3 is 0 Å². The van der Waals surface area contributed by atoms with Gasteiger partial charge < -0.3 is 9.47 Å². The molecule has 2 rings (SSSR count). The lowest BCUT2D eigenvalue weighted by Crippen LogP contribution is -2.20. The topological polar surface area (TPSA) is 103 Å². The molecule has 0 aliphatic heterocycles. The summed E-state index contributed by atoms with van der Waals surface area (Å²) in [7, 11) is 1.54. The van der Waals surface area contributed by atoms with Gasteiger partial charge in [-0.25, -0.2) is 5.43 Å². The minimum absolute atomic E-state index is 0.0999. The van der Waals surface area contributed by atoms with Gasteiger partial charge in [0.25, 0.3) is 5.69 Å². The molecular weight excluding hydrogens is 418 g/mol. The maximum atomic E-state index is 12.0. The predicted octanol–water partition coefficient (Wildman–Crippen LogP) is 3.46. The highest BCUT2D eigenvalue weighted by Crippen LogP contribution is 2.36. The number of carbonyl (C=O) groups is 1. The van der Waals surface area contributed by atoms with Gasteiger partial charge in [0.05, 0.1) is 35.7 Å². The Kier molecular flexibility index (Phi) is 7.30. The minimum Gasteiger partial charge on any atom is -0.492 e. The van der Waals surface area contributed by atoms with Crippen LogP contribution in [0.1, 0.15) is 18.1 Å². The quantitative estimate of drug-likeness (QED) is 0.388. The van der Waals surface area contributed by atoms with Crippen molar-refractivity contribution < 1.29 is 19.2 Å². The molecule has 0 radical (unpaired) electrons. The van der Waals surface area contributed by atoms with Gasteiger partial charge in [-0.2, -0.15) is 5.10 Å². The van der Waals surface area contributed by atoms with E-state index < -0.39 is 10.8 Å². The summed E-state index contributed by atoms with van der Waals surface area (Å²) in [6, 6.07) is 9.58. The Morgan fingerprint density at radius 3 is 2.78 bits per heavy atom. The van der Waals surface area contributed by atoms with Crippen molar-refractivity contribution >= 4 is 33.7 Å². The van der Waals surface area contributed by atoms with E-state index in [1.165, 1.54) is 18.3 Å². The number of nitro groups is 1. The molecule has 9 heteroatoms. The summed E-state index contributed by atoms with van der Waals surface area (Å²) < 4.78 is 11.5. The molecule has 0 bridgehead atoms. The molecule has 0 atom stereocenters. The third-order valence-corrected chi connectivity index (χ3v) is 4.07. The van der Waals surface area contributed by atoms with Gasteiger partial charge in [-0.1, -0.05) is 18.2 Å². The summed E-state index contributed by atoms with van der Waals surface area (Å²) in [4.78, 5) is 22.5. The average Bonchev–Trinajstić information content (AvgIpc) is 2.62. The van der Waals surface area contributed by atoms with Crippen molar-refractivity contribution in [3.05, 3.63) is 62.1 Å². The summed E-state index contributed by atoms with van der Waals surface area (Å²) in [5.74, 6) is 0.648. The molecule has 0 aromatic heterocycles. The normalized spacial score (nSPS) is 10.6. The lowest BCUT2D eigenvalue weighted by molar-refractivity contribution is -0.385. The van der Waals surface area contributed by atoms with Gasteiger partial charge in [0.15, 0.2) is 11.5 Å². The Morgan fingerprint density at radius 1 is 1.37 bits per heavy atom. The van der Waals surface area contributed by atoms with Crippen LogP contribution in [0, 0.1) is 10.1 Å². The zero-order chi connectivity index (χ0) is 19.8. The van der Waals surface area contributed by atoms with Gasteiger partial charge in [0.1, 0.15) is 0 Å². The van der Waals surface area contributed by atoms with Crippen LogP contribution >= 0.6 is 15.9 Å². The zero-order valence-corrected chi connectivity index (χ0v) is 16.4. The number of halogens is 1. The first-order chi connectivity index (χ1) is 13.0. The lowest BCUT2D eigenvalue weighted by Gasteiger charge is -2.11. The average molecular weight is 436 g/mol. The molecule has 1 amide bonds. The fourth-order valence-corrected chi connectivity index (χ4v) is 2.97. The molecule has 2 aromatic carbocycles. The third-order valence-electron chi connectivity index (χ3n) is 3.48. The van der Waals surface area contributed by atoms with Crippen LogP contribution in [0.3, 0.4) is 0 Å². The minimum atomic E-state index is -0.518. The third kappa shape index (κ3) is 5.52. The molecular formula is C18H18BrN3O5. The number of para-hydroxylation sites is 1. The van der Waals surface area contributed by atoms with Crippen molar-refractivity contribution in [1.29, 1.82) is 0 Å². The van der Waals surface area contributed by atoms with Gasteiger partial charge in [-0.3, -0.25) is 14.9 Å². The number of hydrogen-bond acceptors (Lipinski definition) is 6. The molecule has 0 heterocycles. The number of rotatable bonds is 8. The number of nitro benzene ring substituents is 1. The molecule has 0 fully saturated rings. The maximum absolute atomic E-state index is 12.0. The number of carbonyl (C=O) groups excluding carboxylic acids is 1. The second-order valence-electron chi connectivity index (χ2n) is 5.32. The van der Waals surface area contributed by atoms with Crippen LogP contribution in [0.25, 0.3) is 0 Å². The first kappa shape index (κ1) is 20.4. The van der Waals surface area contributed by atoms with E-state index in [0.29, 0.717) is 33.7 Å². The molecule has 142 valence electrons. The summed E-state index contributed by atoms with van der Waals surface area (Å²) in [6.45, 7) is 2.33. The van der Waals surface area contributed by atoms with Gasteiger partial charge in [0, 0.05) is 11.6 Å². The van der Waals surface area contributed by atoms with Gasteiger partial charge in [-0.15, -0.1) is 0 Å². The number of amides is 1. The number of nitrogens with one attached hydrogen (secondary N) is 1. The number of methoxy groups -OCH3 is 1. The second-order valence-corrected chi connectivity index (χ2v) is 6.18. The van der Waals surface area contributed by atoms with Crippen LogP contribution in [-0.2, 0) is 11.2 Å². The Labute approximate surface area is 164 Å². The highest BCUT2D eigenvalue weighted by molar-refractivity contribution is 9.10. The number of nitrogens with zero attached hydrogens (tertiary/aromatic N) is 2. The van der Waals surface area contributed by atoms with Gasteiger partial charge in [0.2, 0.25) is 5.91 Å². The SMILES string of the molecule is CCOc1cc(C=NNC(=O)Cc2ccccc2[N+](=O)[O-])cc(Br)c1OC. The van der Waals surface area contributed by atoms with Crippen LogP contribution in [0.2, 0.25) is 0 Å². The predicted molar refractivity (Wildman–Crippen MR) is 104 cm³/mol. The van der Waals surface area contributed by atoms with E-state index in [1.807, 2.05) is 6.92 Å². The van der Waals surface area contributed by atoms with Crippen molar-refractivity contribution in [3.8, 4) is 11.5 Å². The maximum Gasteiger partial charge on any atom is 0.273 e. The van der Waals surface area contributed by atoms with Crippen molar-refractivity contribution in [3.63, 3.8) is 0 Å². The number of ether oxygens (including phenoxy) is 2. The molecule has 0 aliphatic rings. The van der Waals surface area contributed by atoms with Gasteiger partial charge in [-0.05, 0) is 40.5 Å². The van der Waals surface area contributed by atoms with Crippen LogP contribution in [0.5, 0.6) is 11.5 Å². The molecule has 0 unspecified atom stereocenters. The zero-order valence-electron chi connectivity index (χ0n) is 14.8. The summed E-state index contributed by atoms with van der Waals surface area (Å²) in [6.07, 6.45) is 1.30. The molecule has 0 saturated carbocycles. The number of benzene rings is 2. The Hall–Kier alpha value is -2.94. The fourth-order valence-electron chi connectivity index (χ4n) is 2.35. The smallest absolute Gasteiger partial charge is 0.273 e. The van der Waals surface area contributed by atoms with E-state index in [9.17, 15) is 14.9 Å². The molecule has 27 heavy (non-hydrogen) atoms. The number of hydrogen-bond donors (Lipinski definition) is 1. The summed E-state index contributed by atoms with van der Waals surface area (Å²) in [5.41, 5.74) is 3.26. The molecule has 2 aromatic rings. The van der Waals surface area contributed by atoms with Crippen molar-refractivity contribution in [2.24, 2.45) is 5.10 Å². The second kappa shape index (κ2) is 9.67. The van der Waals surface area contributed by atoms with Crippen LogP contribution in [-0.4, -0.2) is 30.8 Å². The van der Waals surface area contributed by atoms with E-state index in [4.69, 9.17) is 9.47 Å². The largest absolute Gasteiger partial charge is 0.492 e. The Bertz CT molecular complexity index is 870. The van der Waals surface area contributed by atoms with E-state index in [-0.39, 0.29) is 12.1 Å². The molecule has 0 aliphatic carbocycles. The Balaban J connectivity index is 2.07. The highest BCUT2D eigenvalue weighted by atomic mass is 79.9. The fraction of sp³-hybridized carbons (Fsp3) is 0.222. The monoisotopic (exact) mass is 435 g/mol. The summed E-state index contributed by atoms with van der Waals surface area (Å²) >= 11 is 3.40. The van der Waals surface area contributed by atoms with E-state index in [0.717, 1.165) is 0 Å². The molecule has 8 nitrogen and oxygen atoms in total. The molecule has 1 N–H and O–H groups in total. The lowest BCUT2D eigenvalue weighted by atomic mass is 10.1. The first-order valence-corrected chi connectivity index (χ1v) is 8.80. The number of hydrazone groups is 1. The van der Waals surface area contributed by atoms with E-state index in [1.54, 1.807) is 31.4 Å². The molecule has 0 saturated heterocycles. The van der Waals surface area contributed by atoms with Crippen molar-refractivity contribution in [1.82, 2.24) is 5.43 Å². The van der Waals surface area contributed by atoms with Crippen molar-refractivity contribution in [2.75, 3.05) is 13.7 Å². The van der Waals surface area contributed by atoms with Crippen LogP contribution in [0.4, 0.5) is 5.69 Å². The first-order valence-electron chi connectivity index (χ1n) is 8.00. The standard InChI is InChI=1S/C18H18BrN3O5/c1-3-27-16-9-12(8-14(19)18(16)26-2)11-20-21-17(23)10-13-6-4-5-7-15(13)22(24)25/h4-9,11H,3,10H2,1-2H3,(H,21,23). The van der Waals surface area contributed by atoms with Crippen LogP contribution in [0.15, 0.2) is 46.0 Å². The Morgan fingerprint density at radius 2 is 2.11 bits per heavy atom. The van der Waals surface area contributed by atoms with E-state index in [2.05, 4.69) is 26.5 Å². The van der Waals surface area contributed by atoms with E-state index >= 15 is 0 Å². The van der Waals surface area contributed by atoms with Crippen molar-refractivity contribution in [2.45, 2.75) is 13.3 Å².